The molecule has 0 bridgehead atoms. The molecule has 0 amide bonds. The Morgan fingerprint density at radius 1 is 1.19 bits per heavy atom. The summed E-state index contributed by atoms with van der Waals surface area (Å²) in [7, 11) is -4.75. The van der Waals surface area contributed by atoms with Gasteiger partial charge in [0, 0.05) is 28.6 Å². The highest BCUT2D eigenvalue weighted by molar-refractivity contribution is 7.91. The van der Waals surface area contributed by atoms with E-state index in [1.54, 1.807) is 0 Å². The van der Waals surface area contributed by atoms with Gasteiger partial charge in [0.05, 0.1) is 6.54 Å². The van der Waals surface area contributed by atoms with Gasteiger partial charge in [0.15, 0.2) is 0 Å². The van der Waals surface area contributed by atoms with Gasteiger partial charge >= 0.3 is 18.3 Å². The third kappa shape index (κ3) is 4.72. The minimum Gasteiger partial charge on any atom is -0.345 e. The Hall–Kier alpha value is -2.69. The van der Waals surface area contributed by atoms with Crippen LogP contribution in [-0.4, -0.2) is 48.1 Å². The fourth-order valence-corrected chi connectivity index (χ4v) is 5.23. The molecule has 3 heterocycles. The van der Waals surface area contributed by atoms with Gasteiger partial charge in [-0.1, -0.05) is 0 Å². The first-order valence-electron chi connectivity index (χ1n) is 8.42. The summed E-state index contributed by atoms with van der Waals surface area (Å²) >= 11 is 0.547. The summed E-state index contributed by atoms with van der Waals surface area (Å²) in [5.74, 6) is -2.76. The third-order valence-corrected chi connectivity index (χ3v) is 7.17. The predicted molar refractivity (Wildman–Crippen MR) is 99.5 cm³/mol. The second-order valence-corrected chi connectivity index (χ2v) is 9.26. The topological polar surface area (TPSA) is 118 Å². The largest absolute Gasteiger partial charge is 0.492 e. The van der Waals surface area contributed by atoms with Crippen molar-refractivity contribution in [2.24, 2.45) is 5.73 Å². The summed E-state index contributed by atoms with van der Waals surface area (Å²) < 4.78 is 101. The molecule has 0 radical (unpaired) electrons. The molecule has 3 aromatic rings. The van der Waals surface area contributed by atoms with Crippen molar-refractivity contribution in [1.29, 1.82) is 0 Å². The number of rotatable bonds is 6. The van der Waals surface area contributed by atoms with Crippen LogP contribution in [-0.2, 0) is 25.8 Å². The first kappa shape index (κ1) is 24.0. The smallest absolute Gasteiger partial charge is 0.345 e. The lowest BCUT2D eigenvalue weighted by Crippen LogP contribution is -2.40. The Morgan fingerprint density at radius 3 is 2.47 bits per heavy atom. The molecule has 16 heteroatoms. The molecule has 0 aliphatic rings. The molecule has 0 fully saturated rings. The number of alkyl halides is 6. The number of carbonyl (C=O) groups is 1. The van der Waals surface area contributed by atoms with Gasteiger partial charge in [-0.25, -0.2) is 18.2 Å². The van der Waals surface area contributed by atoms with Crippen molar-refractivity contribution in [3.8, 4) is 10.4 Å². The summed E-state index contributed by atoms with van der Waals surface area (Å²) in [6, 6.07) is 4.42. The van der Waals surface area contributed by atoms with E-state index in [-0.39, 0.29) is 25.9 Å². The highest BCUT2D eigenvalue weighted by atomic mass is 32.2. The molecule has 0 saturated heterocycles. The number of fused-ring (bicyclic) bond motifs is 1. The minimum atomic E-state index is -5.45. The number of aromatic nitrogens is 2. The summed E-state index contributed by atoms with van der Waals surface area (Å²) in [5, 5.41) is 0.0490. The SMILES string of the molecule is NCCN(OC(=O)C(F)(F)F)S(=O)(=O)c1ccc(-c2ccnc3[nH]c(C(F)(F)F)cc23)s1. The Morgan fingerprint density at radius 2 is 1.88 bits per heavy atom. The fourth-order valence-electron chi connectivity index (χ4n) is 2.56. The number of nitrogens with one attached hydrogen (secondary N) is 1. The second kappa shape index (κ2) is 8.34. The van der Waals surface area contributed by atoms with Gasteiger partial charge < -0.3 is 15.6 Å². The predicted octanol–water partition coefficient (Wildman–Crippen LogP) is 3.28. The number of pyridine rings is 1. The zero-order valence-electron chi connectivity index (χ0n) is 15.5. The van der Waals surface area contributed by atoms with E-state index in [1.807, 2.05) is 0 Å². The number of halogens is 6. The Kier molecular flexibility index (Phi) is 6.25. The second-order valence-electron chi connectivity index (χ2n) is 6.12. The summed E-state index contributed by atoms with van der Waals surface area (Å²) in [6.45, 7) is -1.22. The maximum absolute atomic E-state index is 13.0. The van der Waals surface area contributed by atoms with E-state index < -0.39 is 51.3 Å². The molecular formula is C16H12F6N4O4S2. The number of hydrogen-bond acceptors (Lipinski definition) is 7. The third-order valence-electron chi connectivity index (χ3n) is 3.93. The fraction of sp³-hybridized carbons (Fsp3) is 0.250. The lowest BCUT2D eigenvalue weighted by Gasteiger charge is -2.19. The van der Waals surface area contributed by atoms with E-state index in [9.17, 15) is 39.6 Å². The Bertz CT molecular complexity index is 1250. The lowest BCUT2D eigenvalue weighted by molar-refractivity contribution is -0.222. The van der Waals surface area contributed by atoms with Crippen molar-refractivity contribution in [3.63, 3.8) is 0 Å². The first-order valence-corrected chi connectivity index (χ1v) is 10.7. The number of nitrogens with two attached hydrogens (primary N) is 1. The molecule has 3 aromatic heterocycles. The molecule has 0 unspecified atom stereocenters. The molecule has 3 rings (SSSR count). The zero-order valence-corrected chi connectivity index (χ0v) is 17.1. The van der Waals surface area contributed by atoms with Crippen LogP contribution in [0.25, 0.3) is 21.5 Å². The van der Waals surface area contributed by atoms with Crippen LogP contribution in [0, 0.1) is 0 Å². The average molecular weight is 502 g/mol. The minimum absolute atomic E-state index is 0.0490. The van der Waals surface area contributed by atoms with Crippen LogP contribution in [0.2, 0.25) is 0 Å². The number of sulfonamides is 1. The van der Waals surface area contributed by atoms with Gasteiger partial charge in [0.1, 0.15) is 15.6 Å². The highest BCUT2D eigenvalue weighted by Gasteiger charge is 2.44. The van der Waals surface area contributed by atoms with Crippen molar-refractivity contribution >= 4 is 38.4 Å². The van der Waals surface area contributed by atoms with Crippen LogP contribution in [0.3, 0.4) is 0 Å². The van der Waals surface area contributed by atoms with Crippen molar-refractivity contribution in [3.05, 3.63) is 36.2 Å². The number of hydrogen-bond donors (Lipinski definition) is 2. The van der Waals surface area contributed by atoms with Crippen LogP contribution >= 0.6 is 11.3 Å². The van der Waals surface area contributed by atoms with E-state index in [1.165, 1.54) is 18.3 Å². The molecule has 0 aliphatic carbocycles. The van der Waals surface area contributed by atoms with E-state index in [2.05, 4.69) is 14.8 Å². The van der Waals surface area contributed by atoms with Gasteiger partial charge in [-0.2, -0.15) is 26.3 Å². The van der Waals surface area contributed by atoms with Crippen LogP contribution < -0.4 is 5.73 Å². The molecule has 0 atom stereocenters. The van der Waals surface area contributed by atoms with Crippen molar-refractivity contribution < 1.29 is 44.4 Å². The van der Waals surface area contributed by atoms with Gasteiger partial charge in [-0.15, -0.1) is 11.3 Å². The van der Waals surface area contributed by atoms with E-state index in [0.717, 1.165) is 12.1 Å². The number of aromatic amines is 1. The maximum Gasteiger partial charge on any atom is 0.492 e. The van der Waals surface area contributed by atoms with Crippen LogP contribution in [0.4, 0.5) is 26.3 Å². The molecule has 0 aromatic carbocycles. The van der Waals surface area contributed by atoms with Crippen molar-refractivity contribution in [2.45, 2.75) is 16.6 Å². The Labute approximate surface area is 179 Å². The van der Waals surface area contributed by atoms with Crippen molar-refractivity contribution in [2.75, 3.05) is 13.1 Å². The molecule has 8 nitrogen and oxygen atoms in total. The lowest BCUT2D eigenvalue weighted by atomic mass is 10.1. The van der Waals surface area contributed by atoms with Gasteiger partial charge in [0.2, 0.25) is 0 Å². The Balaban J connectivity index is 2.00. The molecule has 3 N–H and O–H groups in total. The number of thiophene rings is 1. The van der Waals surface area contributed by atoms with Gasteiger partial charge in [-0.3, -0.25) is 0 Å². The molecule has 0 spiro atoms. The zero-order chi connectivity index (χ0) is 23.9. The van der Waals surface area contributed by atoms with E-state index >= 15 is 0 Å². The molecular weight excluding hydrogens is 490 g/mol. The van der Waals surface area contributed by atoms with Gasteiger partial charge in [0.25, 0.3) is 10.0 Å². The van der Waals surface area contributed by atoms with Crippen LogP contribution in [0.5, 0.6) is 0 Å². The van der Waals surface area contributed by atoms with E-state index in [0.29, 0.717) is 11.3 Å². The molecule has 0 saturated carbocycles. The normalized spacial score (nSPS) is 13.1. The first-order chi connectivity index (χ1) is 14.7. The molecule has 0 aliphatic heterocycles. The van der Waals surface area contributed by atoms with E-state index in [4.69, 9.17) is 5.73 Å². The van der Waals surface area contributed by atoms with Gasteiger partial charge in [-0.05, 0) is 28.7 Å². The van der Waals surface area contributed by atoms with Crippen molar-refractivity contribution in [1.82, 2.24) is 14.4 Å². The number of carbonyl (C=O) groups excluding carboxylic acids is 1. The average Bonchev–Trinajstić information content (AvgIpc) is 3.33. The molecule has 32 heavy (non-hydrogen) atoms. The monoisotopic (exact) mass is 502 g/mol. The maximum atomic E-state index is 13.0. The summed E-state index contributed by atoms with van der Waals surface area (Å²) in [5.41, 5.74) is 4.24. The molecule has 174 valence electrons. The number of nitrogens with zero attached hydrogens (tertiary/aromatic N) is 2. The number of H-pyrrole nitrogens is 1. The van der Waals surface area contributed by atoms with Crippen LogP contribution in [0.15, 0.2) is 34.7 Å². The summed E-state index contributed by atoms with van der Waals surface area (Å²) in [6.07, 6.45) is -8.92. The number of hydroxylamine groups is 1. The highest BCUT2D eigenvalue weighted by Crippen LogP contribution is 2.38. The quantitative estimate of drug-likeness (QED) is 0.395. The van der Waals surface area contributed by atoms with Crippen LogP contribution in [0.1, 0.15) is 5.69 Å². The standard InChI is InChI=1S/C16H12F6N4O4S2/c17-15(18,19)11-7-9-8(3-5-24-13(9)25-11)10-1-2-12(31-10)32(28,29)26(6-4-23)30-14(27)16(20,21)22/h1-3,5,7H,4,6,23H2,(H,24,25). The summed E-state index contributed by atoms with van der Waals surface area (Å²) in [4.78, 5) is 21.2.